The summed E-state index contributed by atoms with van der Waals surface area (Å²) in [6, 6.07) is 3.44. The maximum atomic E-state index is 12.2. The van der Waals surface area contributed by atoms with Gasteiger partial charge in [0.1, 0.15) is 5.82 Å². The summed E-state index contributed by atoms with van der Waals surface area (Å²) in [5.74, 6) is 0.329. The van der Waals surface area contributed by atoms with Gasteiger partial charge in [-0.05, 0) is 31.0 Å². The number of carbonyl (C=O) groups excluding carboxylic acids is 1. The van der Waals surface area contributed by atoms with Crippen molar-refractivity contribution in [2.24, 2.45) is 0 Å². The van der Waals surface area contributed by atoms with Crippen LogP contribution >= 0.6 is 11.6 Å². The third kappa shape index (κ3) is 3.92. The van der Waals surface area contributed by atoms with Crippen LogP contribution in [0.4, 0.5) is 11.5 Å². The predicted molar refractivity (Wildman–Crippen MR) is 85.0 cm³/mol. The second kappa shape index (κ2) is 7.04. The van der Waals surface area contributed by atoms with Crippen molar-refractivity contribution in [3.05, 3.63) is 46.9 Å². The summed E-state index contributed by atoms with van der Waals surface area (Å²) in [6.45, 7) is 4.74. The molecule has 21 heavy (non-hydrogen) atoms. The summed E-state index contributed by atoms with van der Waals surface area (Å²) in [4.78, 5) is 20.4. The average molecular weight is 305 g/mol. The van der Waals surface area contributed by atoms with E-state index in [0.717, 1.165) is 18.5 Å². The molecule has 0 atom stereocenters. The number of rotatable bonds is 5. The van der Waals surface area contributed by atoms with Gasteiger partial charge in [-0.25, -0.2) is 4.98 Å². The van der Waals surface area contributed by atoms with Crippen LogP contribution in [0.3, 0.4) is 0 Å². The zero-order chi connectivity index (χ0) is 15.2. The number of hydrogen-bond acceptors (Lipinski definition) is 4. The highest BCUT2D eigenvalue weighted by Crippen LogP contribution is 2.21. The van der Waals surface area contributed by atoms with Crippen LogP contribution in [0.2, 0.25) is 5.02 Å². The van der Waals surface area contributed by atoms with Crippen LogP contribution in [-0.2, 0) is 0 Å². The first-order valence-corrected chi connectivity index (χ1v) is 7.11. The Morgan fingerprint density at radius 1 is 1.38 bits per heavy atom. The van der Waals surface area contributed by atoms with E-state index >= 15 is 0 Å². The van der Waals surface area contributed by atoms with Gasteiger partial charge < -0.3 is 10.6 Å². The van der Waals surface area contributed by atoms with E-state index in [1.54, 1.807) is 18.5 Å². The van der Waals surface area contributed by atoms with E-state index in [-0.39, 0.29) is 5.91 Å². The molecule has 0 bridgehead atoms. The molecule has 0 saturated carbocycles. The van der Waals surface area contributed by atoms with Crippen molar-refractivity contribution in [1.29, 1.82) is 0 Å². The second-order valence-corrected chi connectivity index (χ2v) is 5.03. The lowest BCUT2D eigenvalue weighted by Crippen LogP contribution is -2.14. The van der Waals surface area contributed by atoms with Crippen molar-refractivity contribution in [3.63, 3.8) is 0 Å². The third-order valence-electron chi connectivity index (χ3n) is 2.93. The van der Waals surface area contributed by atoms with Crippen molar-refractivity contribution in [2.45, 2.75) is 20.3 Å². The van der Waals surface area contributed by atoms with Crippen molar-refractivity contribution >= 4 is 29.0 Å². The Bertz CT molecular complexity index is 645. The molecule has 0 aliphatic heterocycles. The third-order valence-corrected chi connectivity index (χ3v) is 3.22. The number of aryl methyl sites for hydroxylation is 1. The van der Waals surface area contributed by atoms with Gasteiger partial charge in [0.15, 0.2) is 0 Å². The van der Waals surface area contributed by atoms with Gasteiger partial charge in [-0.2, -0.15) is 0 Å². The van der Waals surface area contributed by atoms with Gasteiger partial charge in [0, 0.05) is 18.9 Å². The number of carbonyl (C=O) groups is 1. The molecule has 0 fully saturated rings. The number of hydrogen-bond donors (Lipinski definition) is 2. The summed E-state index contributed by atoms with van der Waals surface area (Å²) in [6.07, 6.45) is 5.77. The number of anilines is 2. The van der Waals surface area contributed by atoms with Gasteiger partial charge in [0.25, 0.3) is 5.91 Å². The molecule has 0 unspecified atom stereocenters. The summed E-state index contributed by atoms with van der Waals surface area (Å²) >= 11 is 6.13. The number of amides is 1. The first-order chi connectivity index (χ1) is 10.1. The van der Waals surface area contributed by atoms with Crippen molar-refractivity contribution in [3.8, 4) is 0 Å². The standard InChI is InChI=1S/C15H17ClN4O/c1-3-5-18-14-12(16)7-11(8-19-14)15(21)20-13-9-17-6-4-10(13)2/h4,6-9H,3,5H2,1-2H3,(H,18,19)(H,20,21). The number of aromatic nitrogens is 2. The zero-order valence-electron chi connectivity index (χ0n) is 12.0. The number of nitrogens with one attached hydrogen (secondary N) is 2. The summed E-state index contributed by atoms with van der Waals surface area (Å²) in [5.41, 5.74) is 2.02. The van der Waals surface area contributed by atoms with Crippen LogP contribution in [0.25, 0.3) is 0 Å². The van der Waals surface area contributed by atoms with Gasteiger partial charge in [-0.1, -0.05) is 18.5 Å². The van der Waals surface area contributed by atoms with Crippen LogP contribution < -0.4 is 10.6 Å². The van der Waals surface area contributed by atoms with Gasteiger partial charge in [-0.3, -0.25) is 9.78 Å². The van der Waals surface area contributed by atoms with E-state index in [0.29, 0.717) is 22.1 Å². The monoisotopic (exact) mass is 304 g/mol. The summed E-state index contributed by atoms with van der Waals surface area (Å²) in [7, 11) is 0. The SMILES string of the molecule is CCCNc1ncc(C(=O)Nc2cnccc2C)cc1Cl. The molecule has 0 aliphatic carbocycles. The highest BCUT2D eigenvalue weighted by molar-refractivity contribution is 6.33. The highest BCUT2D eigenvalue weighted by Gasteiger charge is 2.11. The zero-order valence-corrected chi connectivity index (χ0v) is 12.7. The fraction of sp³-hybridized carbons (Fsp3) is 0.267. The quantitative estimate of drug-likeness (QED) is 0.887. The van der Waals surface area contributed by atoms with Crippen LogP contribution in [-0.4, -0.2) is 22.4 Å². The molecule has 6 heteroatoms. The van der Waals surface area contributed by atoms with Crippen LogP contribution in [0.5, 0.6) is 0 Å². The van der Waals surface area contributed by atoms with Crippen molar-refractivity contribution < 1.29 is 4.79 Å². The molecule has 1 amide bonds. The number of nitrogens with zero attached hydrogens (tertiary/aromatic N) is 2. The molecule has 0 radical (unpaired) electrons. The molecule has 0 saturated heterocycles. The number of pyridine rings is 2. The fourth-order valence-corrected chi connectivity index (χ4v) is 1.96. The van der Waals surface area contributed by atoms with E-state index in [1.807, 2.05) is 13.0 Å². The van der Waals surface area contributed by atoms with Gasteiger partial charge in [0.05, 0.1) is 22.5 Å². The van der Waals surface area contributed by atoms with Gasteiger partial charge in [-0.15, -0.1) is 0 Å². The largest absolute Gasteiger partial charge is 0.369 e. The van der Waals surface area contributed by atoms with Gasteiger partial charge >= 0.3 is 0 Å². The van der Waals surface area contributed by atoms with Crippen molar-refractivity contribution in [1.82, 2.24) is 9.97 Å². The average Bonchev–Trinajstić information content (AvgIpc) is 2.48. The minimum Gasteiger partial charge on any atom is -0.369 e. The Kier molecular flexibility index (Phi) is 5.11. The summed E-state index contributed by atoms with van der Waals surface area (Å²) < 4.78 is 0. The predicted octanol–water partition coefficient (Wildman–Crippen LogP) is 3.51. The molecule has 0 spiro atoms. The topological polar surface area (TPSA) is 66.9 Å². The van der Waals surface area contributed by atoms with E-state index in [1.165, 1.54) is 6.20 Å². The first-order valence-electron chi connectivity index (χ1n) is 6.73. The Hall–Kier alpha value is -2.14. The molecule has 0 aromatic carbocycles. The van der Waals surface area contributed by atoms with Crippen LogP contribution in [0, 0.1) is 6.92 Å². The van der Waals surface area contributed by atoms with Crippen LogP contribution in [0.15, 0.2) is 30.7 Å². The van der Waals surface area contributed by atoms with E-state index in [2.05, 4.69) is 27.5 Å². The lowest BCUT2D eigenvalue weighted by molar-refractivity contribution is 0.102. The molecule has 2 heterocycles. The minimum absolute atomic E-state index is 0.262. The summed E-state index contributed by atoms with van der Waals surface area (Å²) in [5, 5.41) is 6.33. The molecular formula is C15H17ClN4O. The Morgan fingerprint density at radius 2 is 2.19 bits per heavy atom. The normalized spacial score (nSPS) is 10.2. The Balaban J connectivity index is 2.13. The van der Waals surface area contributed by atoms with Crippen LogP contribution in [0.1, 0.15) is 29.3 Å². The van der Waals surface area contributed by atoms with E-state index < -0.39 is 0 Å². The molecule has 2 rings (SSSR count). The molecule has 5 nitrogen and oxygen atoms in total. The maximum Gasteiger partial charge on any atom is 0.257 e. The van der Waals surface area contributed by atoms with Gasteiger partial charge in [0.2, 0.25) is 0 Å². The highest BCUT2D eigenvalue weighted by atomic mass is 35.5. The molecule has 110 valence electrons. The molecule has 2 N–H and O–H groups in total. The van der Waals surface area contributed by atoms with Crippen molar-refractivity contribution in [2.75, 3.05) is 17.2 Å². The fourth-order valence-electron chi connectivity index (χ4n) is 1.72. The Labute approximate surface area is 128 Å². The smallest absolute Gasteiger partial charge is 0.257 e. The molecule has 2 aromatic rings. The lowest BCUT2D eigenvalue weighted by atomic mass is 10.2. The maximum absolute atomic E-state index is 12.2. The second-order valence-electron chi connectivity index (χ2n) is 4.63. The Morgan fingerprint density at radius 3 is 2.86 bits per heavy atom. The minimum atomic E-state index is -0.262. The van der Waals surface area contributed by atoms with E-state index in [4.69, 9.17) is 11.6 Å². The lowest BCUT2D eigenvalue weighted by Gasteiger charge is -2.09. The molecule has 2 aromatic heterocycles. The molecular weight excluding hydrogens is 288 g/mol. The van der Waals surface area contributed by atoms with E-state index in [9.17, 15) is 4.79 Å². The molecule has 0 aliphatic rings. The number of halogens is 1. The first kappa shape index (κ1) is 15.3.